The van der Waals surface area contributed by atoms with Crippen molar-refractivity contribution in [2.45, 2.75) is 33.4 Å². The van der Waals surface area contributed by atoms with Crippen molar-refractivity contribution in [3.63, 3.8) is 0 Å². The zero-order valence-electron chi connectivity index (χ0n) is 14.4. The van der Waals surface area contributed by atoms with Crippen LogP contribution in [-0.2, 0) is 6.54 Å². The molecular weight excluding hydrogens is 320 g/mol. The number of nitrogens with zero attached hydrogens (tertiary/aromatic N) is 2. The van der Waals surface area contributed by atoms with Gasteiger partial charge in [0, 0.05) is 11.7 Å². The van der Waals surface area contributed by atoms with Gasteiger partial charge in [0.15, 0.2) is 0 Å². The number of rotatable bonds is 5. The molecule has 1 amide bonds. The van der Waals surface area contributed by atoms with Crippen molar-refractivity contribution in [3.8, 4) is 11.5 Å². The lowest BCUT2D eigenvalue weighted by Gasteiger charge is -2.15. The van der Waals surface area contributed by atoms with E-state index in [9.17, 15) is 9.59 Å². The molecule has 0 aliphatic heterocycles. The third kappa shape index (κ3) is 3.71. The van der Waals surface area contributed by atoms with Gasteiger partial charge in [-0.15, -0.1) is 0 Å². The maximum absolute atomic E-state index is 12.4. The molecule has 7 heteroatoms. The molecule has 0 aromatic carbocycles. The van der Waals surface area contributed by atoms with Crippen LogP contribution in [0, 0.1) is 13.8 Å². The van der Waals surface area contributed by atoms with Gasteiger partial charge in [0.1, 0.15) is 11.3 Å². The fourth-order valence-corrected chi connectivity index (χ4v) is 2.69. The van der Waals surface area contributed by atoms with Crippen molar-refractivity contribution in [1.82, 2.24) is 20.1 Å². The minimum Gasteiger partial charge on any atom is -0.463 e. The van der Waals surface area contributed by atoms with E-state index >= 15 is 0 Å². The van der Waals surface area contributed by atoms with E-state index < -0.39 is 11.5 Å². The molecule has 0 spiro atoms. The number of hydrogen-bond acceptors (Lipinski definition) is 4. The number of furan rings is 1. The van der Waals surface area contributed by atoms with Crippen LogP contribution in [0.4, 0.5) is 0 Å². The number of amides is 1. The summed E-state index contributed by atoms with van der Waals surface area (Å²) in [5, 5.41) is 7.21. The van der Waals surface area contributed by atoms with Gasteiger partial charge in [0.2, 0.25) is 0 Å². The van der Waals surface area contributed by atoms with Crippen LogP contribution in [0.3, 0.4) is 0 Å². The van der Waals surface area contributed by atoms with Crippen molar-refractivity contribution in [1.29, 1.82) is 0 Å². The van der Waals surface area contributed by atoms with E-state index in [0.717, 1.165) is 11.4 Å². The normalized spacial score (nSPS) is 12.1. The molecule has 3 aromatic rings. The number of aromatic nitrogens is 3. The van der Waals surface area contributed by atoms with Crippen LogP contribution in [0.5, 0.6) is 0 Å². The van der Waals surface area contributed by atoms with Gasteiger partial charge in [-0.05, 0) is 51.1 Å². The molecule has 0 unspecified atom stereocenters. The molecule has 3 heterocycles. The standard InChI is InChI=1S/C18H20N4O3/c1-11-9-13(3)22(21-11)10-12(2)19-17(23)14-6-7-15(20-18(14)24)16-5-4-8-25-16/h4-9,12H,10H2,1-3H3,(H,19,23)(H,20,24)/t12-/m1/s1. The Morgan fingerprint density at radius 1 is 1.36 bits per heavy atom. The third-order valence-electron chi connectivity index (χ3n) is 3.87. The highest BCUT2D eigenvalue weighted by atomic mass is 16.3. The van der Waals surface area contributed by atoms with E-state index in [1.54, 1.807) is 18.2 Å². The molecule has 2 N–H and O–H groups in total. The van der Waals surface area contributed by atoms with Crippen molar-refractivity contribution in [2.75, 3.05) is 0 Å². The van der Waals surface area contributed by atoms with Crippen LogP contribution in [0.2, 0.25) is 0 Å². The first-order valence-corrected chi connectivity index (χ1v) is 8.03. The average molecular weight is 340 g/mol. The highest BCUT2D eigenvalue weighted by Crippen LogP contribution is 2.15. The molecule has 7 nitrogen and oxygen atoms in total. The Kier molecular flexibility index (Phi) is 4.56. The van der Waals surface area contributed by atoms with Gasteiger partial charge < -0.3 is 14.7 Å². The highest BCUT2D eigenvalue weighted by molar-refractivity contribution is 5.94. The Bertz CT molecular complexity index is 938. The number of aryl methyl sites for hydroxylation is 2. The number of carbonyl (C=O) groups excluding carboxylic acids is 1. The lowest BCUT2D eigenvalue weighted by atomic mass is 10.2. The molecule has 0 radical (unpaired) electrons. The van der Waals surface area contributed by atoms with E-state index in [0.29, 0.717) is 18.0 Å². The quantitative estimate of drug-likeness (QED) is 0.745. The van der Waals surface area contributed by atoms with Gasteiger partial charge in [0.05, 0.1) is 24.2 Å². The number of aromatic amines is 1. The van der Waals surface area contributed by atoms with Gasteiger partial charge >= 0.3 is 0 Å². The molecule has 0 aliphatic rings. The van der Waals surface area contributed by atoms with Gasteiger partial charge in [-0.3, -0.25) is 14.3 Å². The Morgan fingerprint density at radius 3 is 2.76 bits per heavy atom. The highest BCUT2D eigenvalue weighted by Gasteiger charge is 2.15. The first-order valence-electron chi connectivity index (χ1n) is 8.03. The Labute approximate surface area is 144 Å². The topological polar surface area (TPSA) is 92.9 Å². The summed E-state index contributed by atoms with van der Waals surface area (Å²) >= 11 is 0. The molecule has 3 aromatic heterocycles. The Morgan fingerprint density at radius 2 is 2.16 bits per heavy atom. The van der Waals surface area contributed by atoms with E-state index in [1.807, 2.05) is 31.5 Å². The van der Waals surface area contributed by atoms with E-state index in [1.165, 1.54) is 12.3 Å². The van der Waals surface area contributed by atoms with E-state index in [2.05, 4.69) is 15.4 Å². The summed E-state index contributed by atoms with van der Waals surface area (Å²) in [6.45, 7) is 6.30. The van der Waals surface area contributed by atoms with Crippen LogP contribution in [0.15, 0.2) is 45.8 Å². The molecular formula is C18H20N4O3. The third-order valence-corrected chi connectivity index (χ3v) is 3.87. The number of nitrogens with one attached hydrogen (secondary N) is 2. The zero-order valence-corrected chi connectivity index (χ0v) is 14.4. The molecule has 0 saturated carbocycles. The first kappa shape index (κ1) is 16.8. The summed E-state index contributed by atoms with van der Waals surface area (Å²) in [5.74, 6) is 0.128. The first-order chi connectivity index (χ1) is 11.9. The van der Waals surface area contributed by atoms with E-state index in [-0.39, 0.29) is 11.6 Å². The number of hydrogen-bond donors (Lipinski definition) is 2. The smallest absolute Gasteiger partial charge is 0.261 e. The molecule has 0 fully saturated rings. The summed E-state index contributed by atoms with van der Waals surface area (Å²) in [6, 6.07) is 8.43. The van der Waals surface area contributed by atoms with Crippen LogP contribution in [0.1, 0.15) is 28.7 Å². The van der Waals surface area contributed by atoms with Crippen LogP contribution < -0.4 is 10.9 Å². The van der Waals surface area contributed by atoms with Crippen molar-refractivity contribution < 1.29 is 9.21 Å². The molecule has 0 aliphatic carbocycles. The van der Waals surface area contributed by atoms with Gasteiger partial charge in [-0.25, -0.2) is 0 Å². The molecule has 130 valence electrons. The summed E-state index contributed by atoms with van der Waals surface area (Å²) in [4.78, 5) is 27.2. The molecule has 1 atom stereocenters. The van der Waals surface area contributed by atoms with E-state index in [4.69, 9.17) is 4.42 Å². The molecule has 0 saturated heterocycles. The summed E-state index contributed by atoms with van der Waals surface area (Å²) in [6.07, 6.45) is 1.52. The van der Waals surface area contributed by atoms with Gasteiger partial charge in [-0.2, -0.15) is 5.10 Å². The minimum atomic E-state index is -0.454. The lowest BCUT2D eigenvalue weighted by Crippen LogP contribution is -2.38. The SMILES string of the molecule is Cc1cc(C)n(C[C@@H](C)NC(=O)c2ccc(-c3ccco3)[nH]c2=O)n1. The second kappa shape index (κ2) is 6.80. The number of carbonyl (C=O) groups is 1. The fourth-order valence-electron chi connectivity index (χ4n) is 2.69. The van der Waals surface area contributed by atoms with Crippen LogP contribution >= 0.6 is 0 Å². The zero-order chi connectivity index (χ0) is 18.0. The Hall–Kier alpha value is -3.09. The fraction of sp³-hybridized carbons (Fsp3) is 0.278. The summed E-state index contributed by atoms with van der Waals surface area (Å²) < 4.78 is 7.08. The van der Waals surface area contributed by atoms with Crippen molar-refractivity contribution in [3.05, 3.63) is 63.9 Å². The molecule has 25 heavy (non-hydrogen) atoms. The molecule has 0 bridgehead atoms. The maximum Gasteiger partial charge on any atom is 0.261 e. The number of H-pyrrole nitrogens is 1. The summed E-state index contributed by atoms with van der Waals surface area (Å²) in [5.41, 5.74) is 2.10. The predicted octanol–water partition coefficient (Wildman–Crippen LogP) is 2.27. The van der Waals surface area contributed by atoms with Gasteiger partial charge in [0.25, 0.3) is 11.5 Å². The maximum atomic E-state index is 12.4. The van der Waals surface area contributed by atoms with Crippen molar-refractivity contribution in [2.24, 2.45) is 0 Å². The second-order valence-electron chi connectivity index (χ2n) is 6.08. The predicted molar refractivity (Wildman–Crippen MR) is 93.4 cm³/mol. The minimum absolute atomic E-state index is 0.0653. The summed E-state index contributed by atoms with van der Waals surface area (Å²) in [7, 11) is 0. The average Bonchev–Trinajstić information content (AvgIpc) is 3.17. The lowest BCUT2D eigenvalue weighted by molar-refractivity contribution is 0.0934. The second-order valence-corrected chi connectivity index (χ2v) is 6.08. The number of pyridine rings is 1. The molecule has 3 rings (SSSR count). The van der Waals surface area contributed by atoms with Crippen LogP contribution in [0.25, 0.3) is 11.5 Å². The van der Waals surface area contributed by atoms with Gasteiger partial charge in [-0.1, -0.05) is 0 Å². The Balaban J connectivity index is 1.70. The van der Waals surface area contributed by atoms with Crippen LogP contribution in [-0.4, -0.2) is 26.7 Å². The van der Waals surface area contributed by atoms with Crippen molar-refractivity contribution >= 4 is 5.91 Å². The monoisotopic (exact) mass is 340 g/mol. The largest absolute Gasteiger partial charge is 0.463 e.